The number of anilines is 2. The number of benzene rings is 1. The summed E-state index contributed by atoms with van der Waals surface area (Å²) in [5.74, 6) is 2.02. The Morgan fingerprint density at radius 3 is 2.59 bits per heavy atom. The van der Waals surface area contributed by atoms with E-state index in [1.54, 1.807) is 38.3 Å². The van der Waals surface area contributed by atoms with E-state index < -0.39 is 13.0 Å². The van der Waals surface area contributed by atoms with Crippen LogP contribution in [0.25, 0.3) is 0 Å². The molecule has 1 unspecified atom stereocenters. The molecule has 9 heteroatoms. The van der Waals surface area contributed by atoms with Gasteiger partial charge in [0.2, 0.25) is 11.9 Å². The Kier molecular flexibility index (Phi) is 7.82. The lowest BCUT2D eigenvalue weighted by atomic mass is 9.97. The number of carbonyl (C=O) groups is 1. The number of hydrogen-bond donors (Lipinski definition) is 0. The molecule has 0 radical (unpaired) electrons. The highest BCUT2D eigenvalue weighted by molar-refractivity contribution is 5.76. The van der Waals surface area contributed by atoms with E-state index in [0.717, 1.165) is 24.3 Å². The second kappa shape index (κ2) is 10.6. The third-order valence-electron chi connectivity index (χ3n) is 5.58. The van der Waals surface area contributed by atoms with E-state index >= 15 is 0 Å². The van der Waals surface area contributed by atoms with Gasteiger partial charge in [-0.25, -0.2) is 13.8 Å². The molecule has 32 heavy (non-hydrogen) atoms. The van der Waals surface area contributed by atoms with Gasteiger partial charge in [0.15, 0.2) is 0 Å². The van der Waals surface area contributed by atoms with Crippen molar-refractivity contribution in [3.05, 3.63) is 42.1 Å². The zero-order valence-electron chi connectivity index (χ0n) is 19.0. The molecule has 2 aromatic rings. The summed E-state index contributed by atoms with van der Waals surface area (Å²) in [6.45, 7) is 3.06. The first kappa shape index (κ1) is 23.7. The molecule has 1 saturated heterocycles. The number of ether oxygens (including phenoxy) is 1. The van der Waals surface area contributed by atoms with Crippen LogP contribution in [0, 0.1) is 0 Å². The molecule has 1 fully saturated rings. The fourth-order valence-corrected chi connectivity index (χ4v) is 3.65. The van der Waals surface area contributed by atoms with Crippen molar-refractivity contribution in [2.24, 2.45) is 0 Å². The SMILES string of the molecule is C[C@H](CC(=O)N(C)C)c1ccc(OC2CCN(c3ccnc(N(C)CC(F)F)n3)C2)cc1. The monoisotopic (exact) mass is 447 g/mol. The maximum Gasteiger partial charge on any atom is 0.255 e. The van der Waals surface area contributed by atoms with Gasteiger partial charge in [-0.2, -0.15) is 4.98 Å². The first-order valence-corrected chi connectivity index (χ1v) is 10.8. The highest BCUT2D eigenvalue weighted by Crippen LogP contribution is 2.26. The second-order valence-corrected chi connectivity index (χ2v) is 8.42. The van der Waals surface area contributed by atoms with E-state index in [9.17, 15) is 13.6 Å². The van der Waals surface area contributed by atoms with Crippen LogP contribution in [0.15, 0.2) is 36.5 Å². The number of amides is 1. The third kappa shape index (κ3) is 6.27. The number of aromatic nitrogens is 2. The highest BCUT2D eigenvalue weighted by atomic mass is 19.3. The van der Waals surface area contributed by atoms with E-state index in [-0.39, 0.29) is 23.9 Å². The second-order valence-electron chi connectivity index (χ2n) is 8.42. The van der Waals surface area contributed by atoms with Crippen LogP contribution in [0.3, 0.4) is 0 Å². The fourth-order valence-electron chi connectivity index (χ4n) is 3.65. The molecular formula is C23H31F2N5O2. The molecule has 0 bridgehead atoms. The van der Waals surface area contributed by atoms with Crippen molar-refractivity contribution >= 4 is 17.7 Å². The average molecular weight is 448 g/mol. The Bertz CT molecular complexity index is 894. The molecule has 1 aliphatic heterocycles. The lowest BCUT2D eigenvalue weighted by Crippen LogP contribution is -2.28. The van der Waals surface area contributed by atoms with Gasteiger partial charge in [-0.15, -0.1) is 0 Å². The van der Waals surface area contributed by atoms with Crippen molar-refractivity contribution in [3.63, 3.8) is 0 Å². The van der Waals surface area contributed by atoms with E-state index in [4.69, 9.17) is 4.74 Å². The number of nitrogens with zero attached hydrogens (tertiary/aromatic N) is 5. The maximum atomic E-state index is 12.6. The predicted octanol–water partition coefficient (Wildman–Crippen LogP) is 3.42. The largest absolute Gasteiger partial charge is 0.489 e. The number of rotatable bonds is 9. The van der Waals surface area contributed by atoms with Crippen molar-refractivity contribution in [2.75, 3.05) is 50.6 Å². The molecule has 0 spiro atoms. The molecule has 2 atom stereocenters. The van der Waals surface area contributed by atoms with Crippen molar-refractivity contribution < 1.29 is 18.3 Å². The van der Waals surface area contributed by atoms with Crippen LogP contribution in [0.2, 0.25) is 0 Å². The smallest absolute Gasteiger partial charge is 0.255 e. The van der Waals surface area contributed by atoms with Crippen LogP contribution in [-0.2, 0) is 4.79 Å². The zero-order valence-corrected chi connectivity index (χ0v) is 19.0. The molecule has 7 nitrogen and oxygen atoms in total. The zero-order chi connectivity index (χ0) is 23.3. The van der Waals surface area contributed by atoms with Gasteiger partial charge in [0, 0.05) is 46.7 Å². The average Bonchev–Trinajstić information content (AvgIpc) is 3.22. The minimum absolute atomic E-state index is 0.00537. The number of hydrogen-bond acceptors (Lipinski definition) is 6. The summed E-state index contributed by atoms with van der Waals surface area (Å²) >= 11 is 0. The molecule has 0 saturated carbocycles. The Balaban J connectivity index is 1.56. The Morgan fingerprint density at radius 2 is 1.94 bits per heavy atom. The highest BCUT2D eigenvalue weighted by Gasteiger charge is 2.26. The first-order chi connectivity index (χ1) is 15.2. The number of carbonyl (C=O) groups excluding carboxylic acids is 1. The fraction of sp³-hybridized carbons (Fsp3) is 0.522. The first-order valence-electron chi connectivity index (χ1n) is 10.8. The van der Waals surface area contributed by atoms with E-state index in [1.165, 1.54) is 4.90 Å². The third-order valence-corrected chi connectivity index (χ3v) is 5.58. The lowest BCUT2D eigenvalue weighted by Gasteiger charge is -2.21. The molecular weight excluding hydrogens is 416 g/mol. The van der Waals surface area contributed by atoms with E-state index in [2.05, 4.69) is 14.9 Å². The Labute approximate surface area is 188 Å². The molecule has 1 aromatic heterocycles. The van der Waals surface area contributed by atoms with Gasteiger partial charge in [-0.3, -0.25) is 4.79 Å². The van der Waals surface area contributed by atoms with Crippen LogP contribution < -0.4 is 14.5 Å². The van der Waals surface area contributed by atoms with E-state index in [0.29, 0.717) is 18.8 Å². The molecule has 1 aromatic carbocycles. The minimum atomic E-state index is -2.44. The van der Waals surface area contributed by atoms with Crippen LogP contribution >= 0.6 is 0 Å². The van der Waals surface area contributed by atoms with Gasteiger partial charge < -0.3 is 19.4 Å². The van der Waals surface area contributed by atoms with Crippen molar-refractivity contribution in [3.8, 4) is 5.75 Å². The lowest BCUT2D eigenvalue weighted by molar-refractivity contribution is -0.129. The van der Waals surface area contributed by atoms with Gasteiger partial charge >= 0.3 is 0 Å². The number of halogens is 2. The standard InChI is InChI=1S/C23H31F2N5O2/c1-16(13-22(31)28(2)3)17-5-7-18(8-6-17)32-19-10-12-30(14-19)21-9-11-26-23(27-21)29(4)15-20(24)25/h5-9,11,16,19-20H,10,12-15H2,1-4H3/t16-,19?/m1/s1. The van der Waals surface area contributed by atoms with Crippen molar-refractivity contribution in [1.82, 2.24) is 14.9 Å². The summed E-state index contributed by atoms with van der Waals surface area (Å²) in [5, 5.41) is 0. The summed E-state index contributed by atoms with van der Waals surface area (Å²) in [6, 6.07) is 9.68. The molecule has 0 N–H and O–H groups in total. The Morgan fingerprint density at radius 1 is 1.22 bits per heavy atom. The summed E-state index contributed by atoms with van der Waals surface area (Å²) < 4.78 is 31.4. The van der Waals surface area contributed by atoms with Gasteiger partial charge in [0.1, 0.15) is 17.7 Å². The molecule has 1 amide bonds. The molecule has 3 rings (SSSR count). The van der Waals surface area contributed by atoms with Gasteiger partial charge in [0.25, 0.3) is 6.43 Å². The molecule has 0 aliphatic carbocycles. The number of alkyl halides is 2. The molecule has 2 heterocycles. The van der Waals surface area contributed by atoms with Crippen molar-refractivity contribution in [1.29, 1.82) is 0 Å². The molecule has 174 valence electrons. The van der Waals surface area contributed by atoms with Crippen LogP contribution in [0.4, 0.5) is 20.5 Å². The normalized spacial score (nSPS) is 16.8. The predicted molar refractivity (Wildman–Crippen MR) is 121 cm³/mol. The Hall–Kier alpha value is -2.97. The summed E-state index contributed by atoms with van der Waals surface area (Å²) in [7, 11) is 5.09. The van der Waals surface area contributed by atoms with Crippen LogP contribution in [-0.4, -0.2) is 74.1 Å². The topological polar surface area (TPSA) is 61.8 Å². The van der Waals surface area contributed by atoms with Crippen LogP contribution in [0.5, 0.6) is 5.75 Å². The van der Waals surface area contributed by atoms with Crippen LogP contribution in [0.1, 0.15) is 31.2 Å². The summed E-state index contributed by atoms with van der Waals surface area (Å²) in [4.78, 5) is 25.5. The van der Waals surface area contributed by atoms with Crippen molar-refractivity contribution in [2.45, 2.75) is 38.2 Å². The van der Waals surface area contributed by atoms with Gasteiger partial charge in [-0.05, 0) is 29.7 Å². The maximum absolute atomic E-state index is 12.6. The van der Waals surface area contributed by atoms with E-state index in [1.807, 2.05) is 31.2 Å². The summed E-state index contributed by atoms with van der Waals surface area (Å²) in [6.07, 6.45) is 0.458. The molecule has 1 aliphatic rings. The summed E-state index contributed by atoms with van der Waals surface area (Å²) in [5.41, 5.74) is 1.10. The quantitative estimate of drug-likeness (QED) is 0.587. The minimum Gasteiger partial charge on any atom is -0.489 e. The van der Waals surface area contributed by atoms with Gasteiger partial charge in [0.05, 0.1) is 13.1 Å². The van der Waals surface area contributed by atoms with Gasteiger partial charge in [-0.1, -0.05) is 19.1 Å².